The van der Waals surface area contributed by atoms with Gasteiger partial charge in [0.1, 0.15) is 6.04 Å². The molecular weight excluding hydrogens is 178 g/mol. The minimum atomic E-state index is -1.23. The second kappa shape index (κ2) is 3.31. The van der Waals surface area contributed by atoms with Gasteiger partial charge in [-0.2, -0.15) is 0 Å². The van der Waals surface area contributed by atoms with Gasteiger partial charge in [-0.15, -0.1) is 0 Å². The number of aliphatic carboxylic acids is 2. The highest BCUT2D eigenvalue weighted by Crippen LogP contribution is 2.47. The molecule has 0 radical (unpaired) electrons. The van der Waals surface area contributed by atoms with Gasteiger partial charge >= 0.3 is 11.9 Å². The molecule has 0 aromatic heterocycles. The summed E-state index contributed by atoms with van der Waals surface area (Å²) >= 11 is 0. The van der Waals surface area contributed by atoms with E-state index in [1.807, 2.05) is 0 Å². The quantitative estimate of drug-likeness (QED) is 0.420. The van der Waals surface area contributed by atoms with Gasteiger partial charge in [-0.3, -0.25) is 9.59 Å². The molecule has 0 aromatic rings. The Balaban J connectivity index is 2.63. The molecule has 4 atom stereocenters. The summed E-state index contributed by atoms with van der Waals surface area (Å²) in [4.78, 5) is 20.9. The monoisotopic (exact) mass is 189 g/mol. The SMILES string of the molecule is N[C@@H](C(=O)O)[C@@H]1[C@H](CO)[C@H]1C(=O)O. The molecule has 0 unspecified atom stereocenters. The number of hydrogen-bond donors (Lipinski definition) is 4. The molecule has 1 fully saturated rings. The number of hydrogen-bond acceptors (Lipinski definition) is 4. The van der Waals surface area contributed by atoms with Crippen molar-refractivity contribution in [3.63, 3.8) is 0 Å². The largest absolute Gasteiger partial charge is 0.481 e. The van der Waals surface area contributed by atoms with Crippen LogP contribution in [0, 0.1) is 17.8 Å². The first-order chi connectivity index (χ1) is 6.00. The molecule has 0 aromatic carbocycles. The normalized spacial score (nSPS) is 33.8. The van der Waals surface area contributed by atoms with Gasteiger partial charge in [0.05, 0.1) is 5.92 Å². The van der Waals surface area contributed by atoms with E-state index >= 15 is 0 Å². The third-order valence-electron chi connectivity index (χ3n) is 2.43. The Morgan fingerprint density at radius 2 is 1.92 bits per heavy atom. The summed E-state index contributed by atoms with van der Waals surface area (Å²) in [7, 11) is 0. The highest BCUT2D eigenvalue weighted by atomic mass is 16.4. The Morgan fingerprint density at radius 1 is 1.38 bits per heavy atom. The smallest absolute Gasteiger partial charge is 0.320 e. The van der Waals surface area contributed by atoms with Crippen LogP contribution in [-0.4, -0.2) is 39.9 Å². The molecule has 0 spiro atoms. The van der Waals surface area contributed by atoms with Crippen molar-refractivity contribution in [1.82, 2.24) is 0 Å². The lowest BCUT2D eigenvalue weighted by molar-refractivity contribution is -0.140. The van der Waals surface area contributed by atoms with Gasteiger partial charge in [0.2, 0.25) is 0 Å². The first-order valence-electron chi connectivity index (χ1n) is 3.82. The molecular formula is C7H11NO5. The van der Waals surface area contributed by atoms with Gasteiger partial charge in [-0.1, -0.05) is 0 Å². The highest BCUT2D eigenvalue weighted by molar-refractivity contribution is 5.80. The molecule has 1 aliphatic rings. The fourth-order valence-electron chi connectivity index (χ4n) is 1.64. The van der Waals surface area contributed by atoms with E-state index < -0.39 is 35.7 Å². The van der Waals surface area contributed by atoms with Crippen LogP contribution < -0.4 is 5.73 Å². The van der Waals surface area contributed by atoms with Crippen molar-refractivity contribution >= 4 is 11.9 Å². The second-order valence-corrected chi connectivity index (χ2v) is 3.15. The van der Waals surface area contributed by atoms with Crippen molar-refractivity contribution < 1.29 is 24.9 Å². The molecule has 0 saturated heterocycles. The Morgan fingerprint density at radius 3 is 2.15 bits per heavy atom. The molecule has 1 saturated carbocycles. The summed E-state index contributed by atoms with van der Waals surface area (Å²) in [6, 6.07) is -1.20. The lowest BCUT2D eigenvalue weighted by Crippen LogP contribution is -2.34. The molecule has 13 heavy (non-hydrogen) atoms. The standard InChI is InChI=1S/C7H11NO5/c8-5(7(12)13)3-2(1-9)4(3)6(10)11/h2-5,9H,1,8H2,(H,10,11)(H,12,13)/t2-,3+,4+,5+/m0/s1. The zero-order valence-corrected chi connectivity index (χ0v) is 6.75. The number of carboxylic acids is 2. The first kappa shape index (κ1) is 9.94. The molecule has 6 heteroatoms. The molecule has 0 heterocycles. The molecule has 1 rings (SSSR count). The fraction of sp³-hybridized carbons (Fsp3) is 0.714. The summed E-state index contributed by atoms with van der Waals surface area (Å²) in [6.07, 6.45) is 0. The number of carboxylic acid groups (broad SMARTS) is 2. The van der Waals surface area contributed by atoms with Crippen LogP contribution in [0.25, 0.3) is 0 Å². The van der Waals surface area contributed by atoms with Crippen LogP contribution in [0.1, 0.15) is 0 Å². The van der Waals surface area contributed by atoms with Gasteiger partial charge in [-0.25, -0.2) is 0 Å². The van der Waals surface area contributed by atoms with Gasteiger partial charge in [0, 0.05) is 18.4 Å². The van der Waals surface area contributed by atoms with Crippen molar-refractivity contribution in [1.29, 1.82) is 0 Å². The van der Waals surface area contributed by atoms with Crippen LogP contribution in [0.4, 0.5) is 0 Å². The number of aliphatic hydroxyl groups is 1. The van der Waals surface area contributed by atoms with E-state index in [4.69, 9.17) is 21.1 Å². The van der Waals surface area contributed by atoms with E-state index in [2.05, 4.69) is 0 Å². The first-order valence-corrected chi connectivity index (χ1v) is 3.82. The summed E-state index contributed by atoms with van der Waals surface area (Å²) in [5, 5.41) is 25.8. The molecule has 0 bridgehead atoms. The molecule has 6 nitrogen and oxygen atoms in total. The predicted octanol–water partition coefficient (Wildman–Crippen LogP) is -1.66. The number of carbonyl (C=O) groups is 2. The maximum atomic E-state index is 10.5. The van der Waals surface area contributed by atoms with Crippen LogP contribution >= 0.6 is 0 Å². The predicted molar refractivity (Wildman–Crippen MR) is 40.8 cm³/mol. The molecule has 0 amide bonds. The van der Waals surface area contributed by atoms with Crippen molar-refractivity contribution in [2.45, 2.75) is 6.04 Å². The molecule has 1 aliphatic carbocycles. The zero-order valence-electron chi connectivity index (χ0n) is 6.75. The number of rotatable bonds is 4. The minimum absolute atomic E-state index is 0.331. The van der Waals surface area contributed by atoms with Crippen LogP contribution in [-0.2, 0) is 9.59 Å². The van der Waals surface area contributed by atoms with E-state index in [1.165, 1.54) is 0 Å². The summed E-state index contributed by atoms with van der Waals surface area (Å²) in [6.45, 7) is -0.331. The number of aliphatic hydroxyl groups excluding tert-OH is 1. The maximum Gasteiger partial charge on any atom is 0.320 e. The lowest BCUT2D eigenvalue weighted by Gasteiger charge is -2.03. The van der Waals surface area contributed by atoms with E-state index in [-0.39, 0.29) is 6.61 Å². The van der Waals surface area contributed by atoms with Crippen LogP contribution in [0.2, 0.25) is 0 Å². The summed E-state index contributed by atoms with van der Waals surface area (Å²) < 4.78 is 0. The van der Waals surface area contributed by atoms with E-state index in [9.17, 15) is 9.59 Å². The average Bonchev–Trinajstić information content (AvgIpc) is 2.76. The van der Waals surface area contributed by atoms with Crippen molar-refractivity contribution in [2.75, 3.05) is 6.61 Å². The zero-order chi connectivity index (χ0) is 10.2. The topological polar surface area (TPSA) is 121 Å². The summed E-state index contributed by atoms with van der Waals surface area (Å²) in [5.41, 5.74) is 5.24. The average molecular weight is 189 g/mol. The Labute approximate surface area is 74.0 Å². The van der Waals surface area contributed by atoms with E-state index in [1.54, 1.807) is 0 Å². The number of nitrogens with two attached hydrogens (primary N) is 1. The van der Waals surface area contributed by atoms with Crippen molar-refractivity contribution in [3.8, 4) is 0 Å². The fourth-order valence-corrected chi connectivity index (χ4v) is 1.64. The Kier molecular flexibility index (Phi) is 2.53. The van der Waals surface area contributed by atoms with Crippen LogP contribution in [0.3, 0.4) is 0 Å². The second-order valence-electron chi connectivity index (χ2n) is 3.15. The van der Waals surface area contributed by atoms with Crippen molar-refractivity contribution in [2.24, 2.45) is 23.5 Å². The van der Waals surface area contributed by atoms with Gasteiger partial charge < -0.3 is 21.1 Å². The summed E-state index contributed by atoms with van der Waals surface area (Å²) in [5.74, 6) is -4.28. The van der Waals surface area contributed by atoms with Crippen LogP contribution in [0.5, 0.6) is 0 Å². The Hall–Kier alpha value is -1.14. The molecule has 0 aliphatic heterocycles. The van der Waals surface area contributed by atoms with E-state index in [0.29, 0.717) is 0 Å². The lowest BCUT2D eigenvalue weighted by atomic mass is 10.1. The maximum absolute atomic E-state index is 10.5. The van der Waals surface area contributed by atoms with Crippen LogP contribution in [0.15, 0.2) is 0 Å². The molecule has 74 valence electrons. The third-order valence-corrected chi connectivity index (χ3v) is 2.43. The van der Waals surface area contributed by atoms with Crippen molar-refractivity contribution in [3.05, 3.63) is 0 Å². The van der Waals surface area contributed by atoms with Gasteiger partial charge in [0.25, 0.3) is 0 Å². The van der Waals surface area contributed by atoms with Gasteiger partial charge in [0.15, 0.2) is 0 Å². The van der Waals surface area contributed by atoms with E-state index in [0.717, 1.165) is 0 Å². The third kappa shape index (κ3) is 1.63. The minimum Gasteiger partial charge on any atom is -0.481 e. The Bertz CT molecular complexity index is 241. The molecule has 5 N–H and O–H groups in total. The van der Waals surface area contributed by atoms with Gasteiger partial charge in [-0.05, 0) is 0 Å². The highest BCUT2D eigenvalue weighted by Gasteiger charge is 2.59.